The zero-order chi connectivity index (χ0) is 52.3. The highest BCUT2D eigenvalue weighted by Crippen LogP contribution is 2.45. The number of carboxylic acids is 1. The Kier molecular flexibility index (Phi) is 21.1. The first-order chi connectivity index (χ1) is 33.6. The molecule has 4 heterocycles. The lowest BCUT2D eigenvalue weighted by Gasteiger charge is -2.50. The lowest BCUT2D eigenvalue weighted by Crippen LogP contribution is -2.65. The second-order valence-electron chi connectivity index (χ2n) is 20.9. The minimum atomic E-state index is -2.48. The van der Waals surface area contributed by atoms with Crippen molar-refractivity contribution in [1.82, 2.24) is 4.90 Å². The van der Waals surface area contributed by atoms with Gasteiger partial charge in [0.15, 0.2) is 11.6 Å². The monoisotopic (exact) mass is 998 g/mol. The third kappa shape index (κ3) is 14.4. The van der Waals surface area contributed by atoms with Gasteiger partial charge in [-0.15, -0.1) is 0 Å². The molecule has 6 bridgehead atoms. The second kappa shape index (κ2) is 26.0. The number of hydrogen-bond acceptors (Lipinski definition) is 15. The Morgan fingerprint density at radius 2 is 1.59 bits per heavy atom. The average molecular weight is 998 g/mol. The summed E-state index contributed by atoms with van der Waals surface area (Å²) in [7, 11) is 4.43. The smallest absolute Gasteiger partial charge is 0.329 e. The van der Waals surface area contributed by atoms with Gasteiger partial charge in [-0.05, 0) is 101 Å². The van der Waals surface area contributed by atoms with E-state index < -0.39 is 114 Å². The molecule has 0 spiro atoms. The number of Topliss-reactive ketones (excluding diaryl/α,β-unsaturated/α-hetero) is 3. The minimum Gasteiger partial charge on any atom is -0.481 e. The Morgan fingerprint density at radius 1 is 0.859 bits per heavy atom. The number of methoxy groups -OCH3 is 3. The molecule has 4 aliphatic heterocycles. The van der Waals surface area contributed by atoms with Crippen LogP contribution in [0.2, 0.25) is 0 Å². The predicted molar refractivity (Wildman–Crippen MR) is 259 cm³/mol. The average Bonchev–Trinajstić information content (AvgIpc) is 3.33. The Labute approximate surface area is 418 Å². The summed E-state index contributed by atoms with van der Waals surface area (Å²) < 4.78 is 35.3. The minimum absolute atomic E-state index is 0.000238. The summed E-state index contributed by atoms with van der Waals surface area (Å²) in [6.45, 7) is 10.7. The van der Waals surface area contributed by atoms with E-state index in [0.717, 1.165) is 5.57 Å². The third-order valence-corrected chi connectivity index (χ3v) is 15.7. The first kappa shape index (κ1) is 57.5. The second-order valence-corrected chi connectivity index (χ2v) is 20.9. The van der Waals surface area contributed by atoms with Crippen molar-refractivity contribution in [3.63, 3.8) is 0 Å². The first-order valence-corrected chi connectivity index (χ1v) is 25.5. The number of fused-ring (bicyclic) bond motifs is 3. The summed E-state index contributed by atoms with van der Waals surface area (Å²) in [6, 6.07) is -1.20. The molecule has 5 rings (SSSR count). The maximum atomic E-state index is 14.6. The van der Waals surface area contributed by atoms with Crippen molar-refractivity contribution in [2.24, 2.45) is 41.4 Å². The zero-order valence-corrected chi connectivity index (χ0v) is 43.1. The molecule has 71 heavy (non-hydrogen) atoms. The van der Waals surface area contributed by atoms with Gasteiger partial charge in [-0.1, -0.05) is 64.2 Å². The van der Waals surface area contributed by atoms with E-state index in [1.807, 2.05) is 44.2 Å². The van der Waals surface area contributed by atoms with Crippen molar-refractivity contribution >= 4 is 41.2 Å². The normalized spacial score (nSPS) is 37.5. The molecule has 16 atom stereocenters. The number of allylic oxidation sites excluding steroid dienone is 6. The molecular weight excluding hydrogens is 919 g/mol. The van der Waals surface area contributed by atoms with Crippen molar-refractivity contribution < 1.29 is 77.3 Å². The SMILES string of the molecule is CO[C@H]1C[C@@H]2CC[C@@H](C)[C@@](O)(O2)C(=O)C(=O)N2CCCC3[C@H]2C(=O)O[C@@H](CC(=O)C(C)=CC(C)[C@@H](O)[C@@H](OC)C(=O)[C@H](C)C[C@H](C)C=CC=CC=C1C)[C@H]3C[C@@H]1CC[C@@H](OC(=O)CCC(=O)O)[C@H](OC)C1. The molecule has 1 saturated carbocycles. The highest BCUT2D eigenvalue weighted by atomic mass is 16.6. The molecule has 3 N–H and O–H groups in total. The van der Waals surface area contributed by atoms with Gasteiger partial charge in [0.05, 0.1) is 37.3 Å². The molecule has 1 amide bonds. The van der Waals surface area contributed by atoms with Gasteiger partial charge in [-0.25, -0.2) is 4.79 Å². The molecule has 0 aromatic carbocycles. The fraction of sp³-hybridized carbons (Fsp3) is 0.722. The lowest BCUT2D eigenvalue weighted by atomic mass is 9.68. The van der Waals surface area contributed by atoms with Crippen LogP contribution in [-0.4, -0.2) is 144 Å². The summed E-state index contributed by atoms with van der Waals surface area (Å²) in [5.74, 6) is -10.9. The number of ether oxygens (including phenoxy) is 6. The highest BCUT2D eigenvalue weighted by Gasteiger charge is 2.57. The number of esters is 2. The van der Waals surface area contributed by atoms with E-state index in [4.69, 9.17) is 33.5 Å². The number of piperidine rings is 1. The van der Waals surface area contributed by atoms with Crippen molar-refractivity contribution in [3.8, 4) is 0 Å². The van der Waals surface area contributed by atoms with Crippen molar-refractivity contribution in [1.29, 1.82) is 0 Å². The van der Waals surface area contributed by atoms with E-state index in [9.17, 15) is 43.8 Å². The summed E-state index contributed by atoms with van der Waals surface area (Å²) in [6.07, 6.45) is 8.91. The predicted octanol–water partition coefficient (Wildman–Crippen LogP) is 5.82. The molecule has 1 aliphatic carbocycles. The Hall–Kier alpha value is -4.39. The fourth-order valence-electron chi connectivity index (χ4n) is 11.5. The topological polar surface area (TPSA) is 239 Å². The van der Waals surface area contributed by atoms with E-state index in [-0.39, 0.29) is 61.2 Å². The van der Waals surface area contributed by atoms with Crippen LogP contribution in [0.5, 0.6) is 0 Å². The van der Waals surface area contributed by atoms with E-state index in [2.05, 4.69) is 0 Å². The number of carbonyl (C=O) groups is 7. The summed E-state index contributed by atoms with van der Waals surface area (Å²) >= 11 is 0. The summed E-state index contributed by atoms with van der Waals surface area (Å²) in [5.41, 5.74) is 1.14. The van der Waals surface area contributed by atoms with Crippen LogP contribution >= 0.6 is 0 Å². The number of amides is 1. The molecule has 0 aromatic rings. The summed E-state index contributed by atoms with van der Waals surface area (Å²) in [4.78, 5) is 96.2. The van der Waals surface area contributed by atoms with Gasteiger partial charge in [0.1, 0.15) is 24.4 Å². The number of aliphatic hydroxyl groups excluding tert-OH is 1. The largest absolute Gasteiger partial charge is 0.481 e. The molecule has 0 aromatic heterocycles. The highest BCUT2D eigenvalue weighted by molar-refractivity contribution is 6.39. The molecule has 17 heteroatoms. The molecule has 0 radical (unpaired) electrons. The molecule has 17 nitrogen and oxygen atoms in total. The van der Waals surface area contributed by atoms with Gasteiger partial charge in [0.25, 0.3) is 11.7 Å². The number of carbonyl (C=O) groups excluding carboxylic acids is 6. The van der Waals surface area contributed by atoms with Crippen LogP contribution < -0.4 is 0 Å². The van der Waals surface area contributed by atoms with Gasteiger partial charge in [-0.3, -0.25) is 28.8 Å². The van der Waals surface area contributed by atoms with E-state index in [1.54, 1.807) is 40.9 Å². The van der Waals surface area contributed by atoms with Crippen LogP contribution in [0.25, 0.3) is 0 Å². The third-order valence-electron chi connectivity index (χ3n) is 15.7. The van der Waals surface area contributed by atoms with Gasteiger partial charge in [0.2, 0.25) is 5.79 Å². The van der Waals surface area contributed by atoms with E-state index in [1.165, 1.54) is 19.1 Å². The van der Waals surface area contributed by atoms with Crippen molar-refractivity contribution in [2.75, 3.05) is 27.9 Å². The quantitative estimate of drug-likeness (QED) is 0.182. The van der Waals surface area contributed by atoms with Crippen LogP contribution in [-0.2, 0) is 62.0 Å². The van der Waals surface area contributed by atoms with Crippen LogP contribution in [0.3, 0.4) is 0 Å². The molecule has 3 saturated heterocycles. The maximum Gasteiger partial charge on any atom is 0.329 e. The number of aliphatic hydroxyl groups is 2. The van der Waals surface area contributed by atoms with E-state index >= 15 is 0 Å². The van der Waals surface area contributed by atoms with Crippen LogP contribution in [0.15, 0.2) is 47.6 Å². The van der Waals surface area contributed by atoms with Gasteiger partial charge < -0.3 is 48.6 Å². The lowest BCUT2D eigenvalue weighted by molar-refractivity contribution is -0.266. The molecule has 5 aliphatic rings. The Morgan fingerprint density at radius 3 is 2.27 bits per heavy atom. The zero-order valence-electron chi connectivity index (χ0n) is 43.1. The fourth-order valence-corrected chi connectivity index (χ4v) is 11.5. The first-order valence-electron chi connectivity index (χ1n) is 25.5. The molecule has 396 valence electrons. The van der Waals surface area contributed by atoms with Gasteiger partial charge in [-0.2, -0.15) is 0 Å². The maximum absolute atomic E-state index is 14.6. The number of ketones is 3. The van der Waals surface area contributed by atoms with Crippen LogP contribution in [0, 0.1) is 41.4 Å². The molecule has 2 unspecified atom stereocenters. The van der Waals surface area contributed by atoms with Crippen molar-refractivity contribution in [3.05, 3.63) is 47.6 Å². The Bertz CT molecular complexity index is 2040. The number of nitrogens with zero attached hydrogens (tertiary/aromatic N) is 1. The van der Waals surface area contributed by atoms with Gasteiger partial charge in [0, 0.05) is 64.4 Å². The number of hydrogen-bond donors (Lipinski definition) is 3. The number of carboxylic acid groups (broad SMARTS) is 1. The molecular formula is C54H79NO16. The Balaban J connectivity index is 1.50. The van der Waals surface area contributed by atoms with Crippen molar-refractivity contribution in [2.45, 2.75) is 180 Å². The van der Waals surface area contributed by atoms with E-state index in [0.29, 0.717) is 57.8 Å². The number of aliphatic carboxylic acids is 1. The standard InChI is InChI=1S/C54H79NO16/c1-30-14-11-10-12-15-31(2)42(66-7)28-37-19-17-35(6)54(65,71-37)51(62)52(63)55-23-13-16-38-39(26-36-18-20-41(44(27-36)67-8)69-46(59)22-21-45(57)58)43(70-53(64)47(38)55)29-40(56)32(3)25-34(5)49(61)50(68-9)48(60)33(4)24-30/h10-12,14-15,25,30,33-39,41-44,47,49-50,61,65H,13,16-24,26-29H2,1-9H3,(H,57,58)/t30-,33-,34?,35-,36+,37+,38?,39+,41-,42+,43+,44-,47+,49-,50+,54-/m1/s1. The molecule has 4 fully saturated rings. The van der Waals surface area contributed by atoms with Crippen LogP contribution in [0.4, 0.5) is 0 Å². The van der Waals surface area contributed by atoms with Crippen LogP contribution in [0.1, 0.15) is 125 Å². The number of rotatable bonds is 9. The summed E-state index contributed by atoms with van der Waals surface area (Å²) in [5, 5.41) is 32.7. The van der Waals surface area contributed by atoms with Gasteiger partial charge >= 0.3 is 17.9 Å².